The first-order chi connectivity index (χ1) is 12.1. The zero-order valence-corrected chi connectivity index (χ0v) is 15.7. The van der Waals surface area contributed by atoms with Crippen LogP contribution in [0.15, 0.2) is 42.6 Å². The average molecular weight is 363 g/mol. The number of aromatic nitrogens is 1. The molecule has 25 heavy (non-hydrogen) atoms. The van der Waals surface area contributed by atoms with E-state index in [-0.39, 0.29) is 6.61 Å². The highest BCUT2D eigenvalue weighted by molar-refractivity contribution is 6.29. The molecule has 2 heterocycles. The number of nitrogens with zero attached hydrogens (tertiary/aromatic N) is 2. The lowest BCUT2D eigenvalue weighted by Gasteiger charge is -2.39. The van der Waals surface area contributed by atoms with E-state index in [2.05, 4.69) is 22.0 Å². The minimum Gasteiger partial charge on any atom is -0.392 e. The smallest absolute Gasteiger partial charge is 0.129 e. The molecule has 1 aromatic carbocycles. The standard InChI is InChI=1S/C18H21ClN2O2.C2H6/c19-17-10-16(15(13-22)11-20-17)18(23)6-8-21(9-7-18)12-14-4-2-1-3-5-14;1-2/h1-5,10-11,22-23H,6-9,12-13H2;1-2H3. The Balaban J connectivity index is 0.00000109. The molecule has 0 unspecified atom stereocenters. The number of rotatable bonds is 4. The first kappa shape index (κ1) is 19.9. The fourth-order valence-corrected chi connectivity index (χ4v) is 3.37. The van der Waals surface area contributed by atoms with Gasteiger partial charge in [0.15, 0.2) is 0 Å². The molecule has 1 fully saturated rings. The second-order valence-corrected chi connectivity index (χ2v) is 6.50. The Morgan fingerprint density at radius 1 is 1.16 bits per heavy atom. The Morgan fingerprint density at radius 3 is 2.40 bits per heavy atom. The molecule has 0 saturated carbocycles. The summed E-state index contributed by atoms with van der Waals surface area (Å²) < 4.78 is 0. The Bertz CT molecular complexity index is 656. The van der Waals surface area contributed by atoms with Crippen molar-refractivity contribution in [3.8, 4) is 0 Å². The maximum absolute atomic E-state index is 11.0. The Morgan fingerprint density at radius 2 is 1.80 bits per heavy atom. The van der Waals surface area contributed by atoms with Gasteiger partial charge < -0.3 is 10.2 Å². The average Bonchev–Trinajstić information content (AvgIpc) is 2.66. The van der Waals surface area contributed by atoms with Gasteiger partial charge in [-0.25, -0.2) is 4.98 Å². The van der Waals surface area contributed by atoms with Crippen LogP contribution in [0.2, 0.25) is 5.15 Å². The van der Waals surface area contributed by atoms with E-state index in [1.54, 1.807) is 12.3 Å². The maximum Gasteiger partial charge on any atom is 0.129 e. The molecule has 1 aromatic heterocycles. The Hall–Kier alpha value is -1.46. The fourth-order valence-electron chi connectivity index (χ4n) is 3.21. The molecule has 2 N–H and O–H groups in total. The number of benzene rings is 1. The van der Waals surface area contributed by atoms with Gasteiger partial charge in [0.05, 0.1) is 12.2 Å². The van der Waals surface area contributed by atoms with Gasteiger partial charge in [-0.05, 0) is 30.0 Å². The van der Waals surface area contributed by atoms with Gasteiger partial charge in [-0.1, -0.05) is 55.8 Å². The topological polar surface area (TPSA) is 56.6 Å². The van der Waals surface area contributed by atoms with Crippen molar-refractivity contribution in [3.05, 3.63) is 64.4 Å². The van der Waals surface area contributed by atoms with Crippen LogP contribution in [0.4, 0.5) is 0 Å². The van der Waals surface area contributed by atoms with Crippen LogP contribution in [0.3, 0.4) is 0 Å². The monoisotopic (exact) mass is 362 g/mol. The summed E-state index contributed by atoms with van der Waals surface area (Å²) in [6, 6.07) is 12.0. The molecular formula is C20H27ClN2O2. The van der Waals surface area contributed by atoms with E-state index in [0.717, 1.165) is 19.6 Å². The SMILES string of the molecule is CC.OCc1cnc(Cl)cc1C1(O)CCN(Cc2ccccc2)CC1. The molecule has 1 aliphatic heterocycles. The van der Waals surface area contributed by atoms with E-state index < -0.39 is 5.60 Å². The van der Waals surface area contributed by atoms with Crippen LogP contribution in [0.25, 0.3) is 0 Å². The third-order valence-corrected chi connectivity index (χ3v) is 4.76. The third-order valence-electron chi connectivity index (χ3n) is 4.56. The minimum atomic E-state index is -0.947. The van der Waals surface area contributed by atoms with Crippen LogP contribution in [0, 0.1) is 0 Å². The van der Waals surface area contributed by atoms with Crippen LogP contribution in [-0.4, -0.2) is 33.2 Å². The molecule has 0 spiro atoms. The van der Waals surface area contributed by atoms with Gasteiger partial charge in [-0.2, -0.15) is 0 Å². The van der Waals surface area contributed by atoms with Gasteiger partial charge in [-0.15, -0.1) is 0 Å². The largest absolute Gasteiger partial charge is 0.392 e. The van der Waals surface area contributed by atoms with Crippen molar-refractivity contribution in [1.82, 2.24) is 9.88 Å². The highest BCUT2D eigenvalue weighted by Gasteiger charge is 2.35. The molecular weight excluding hydrogens is 336 g/mol. The summed E-state index contributed by atoms with van der Waals surface area (Å²) in [6.45, 7) is 6.35. The van der Waals surface area contributed by atoms with Crippen molar-refractivity contribution in [1.29, 1.82) is 0 Å². The number of halogens is 1. The van der Waals surface area contributed by atoms with Gasteiger partial charge in [0, 0.05) is 31.4 Å². The molecule has 5 heteroatoms. The molecule has 0 amide bonds. The van der Waals surface area contributed by atoms with E-state index in [1.165, 1.54) is 5.56 Å². The molecule has 0 aliphatic carbocycles. The highest BCUT2D eigenvalue weighted by atomic mass is 35.5. The molecule has 2 aromatic rings. The van der Waals surface area contributed by atoms with Crippen LogP contribution < -0.4 is 0 Å². The van der Waals surface area contributed by atoms with Crippen LogP contribution in [0.5, 0.6) is 0 Å². The predicted molar refractivity (Wildman–Crippen MR) is 101 cm³/mol. The normalized spacial score (nSPS) is 16.8. The second-order valence-electron chi connectivity index (χ2n) is 6.12. The van der Waals surface area contributed by atoms with Gasteiger partial charge in [-0.3, -0.25) is 4.90 Å². The molecule has 0 bridgehead atoms. The minimum absolute atomic E-state index is 0.143. The van der Waals surface area contributed by atoms with Gasteiger partial charge in [0.1, 0.15) is 5.15 Å². The molecule has 3 rings (SSSR count). The van der Waals surface area contributed by atoms with Crippen molar-refractivity contribution >= 4 is 11.6 Å². The lowest BCUT2D eigenvalue weighted by Crippen LogP contribution is -2.42. The summed E-state index contributed by atoms with van der Waals surface area (Å²) in [7, 11) is 0. The summed E-state index contributed by atoms with van der Waals surface area (Å²) in [6.07, 6.45) is 2.78. The molecule has 4 nitrogen and oxygen atoms in total. The number of likely N-dealkylation sites (tertiary alicyclic amines) is 1. The summed E-state index contributed by atoms with van der Waals surface area (Å²) in [4.78, 5) is 6.33. The summed E-state index contributed by atoms with van der Waals surface area (Å²) in [5.74, 6) is 0. The number of pyridine rings is 1. The second kappa shape index (κ2) is 9.30. The fraction of sp³-hybridized carbons (Fsp3) is 0.450. The van der Waals surface area contributed by atoms with Gasteiger partial charge in [0.2, 0.25) is 0 Å². The first-order valence-electron chi connectivity index (χ1n) is 8.85. The van der Waals surface area contributed by atoms with E-state index in [0.29, 0.717) is 29.1 Å². The van der Waals surface area contributed by atoms with E-state index in [4.69, 9.17) is 11.6 Å². The Kier molecular flexibility index (Phi) is 7.38. The van der Waals surface area contributed by atoms with Crippen molar-refractivity contribution in [2.75, 3.05) is 13.1 Å². The van der Waals surface area contributed by atoms with E-state index in [9.17, 15) is 10.2 Å². The highest BCUT2D eigenvalue weighted by Crippen LogP contribution is 2.36. The maximum atomic E-state index is 11.0. The van der Waals surface area contributed by atoms with Crippen LogP contribution in [0.1, 0.15) is 43.4 Å². The summed E-state index contributed by atoms with van der Waals surface area (Å²) in [5, 5.41) is 20.9. The van der Waals surface area contributed by atoms with Crippen molar-refractivity contribution < 1.29 is 10.2 Å². The Labute approximate surface area is 155 Å². The van der Waals surface area contributed by atoms with Crippen molar-refractivity contribution in [3.63, 3.8) is 0 Å². The van der Waals surface area contributed by atoms with E-state index in [1.807, 2.05) is 32.0 Å². The lowest BCUT2D eigenvalue weighted by atomic mass is 9.82. The summed E-state index contributed by atoms with van der Waals surface area (Å²) >= 11 is 5.98. The number of aliphatic hydroxyl groups is 2. The third kappa shape index (κ3) is 5.02. The molecule has 0 radical (unpaired) electrons. The van der Waals surface area contributed by atoms with Crippen molar-refractivity contribution in [2.45, 2.75) is 45.4 Å². The zero-order valence-electron chi connectivity index (χ0n) is 15.0. The van der Waals surface area contributed by atoms with Crippen molar-refractivity contribution in [2.24, 2.45) is 0 Å². The van der Waals surface area contributed by atoms with Crippen LogP contribution in [-0.2, 0) is 18.8 Å². The van der Waals surface area contributed by atoms with Gasteiger partial charge in [0.25, 0.3) is 0 Å². The number of hydrogen-bond acceptors (Lipinski definition) is 4. The summed E-state index contributed by atoms with van der Waals surface area (Å²) in [5.41, 5.74) is 1.69. The molecule has 0 atom stereocenters. The lowest BCUT2D eigenvalue weighted by molar-refractivity contribution is -0.0291. The number of piperidine rings is 1. The predicted octanol–water partition coefficient (Wildman–Crippen LogP) is 3.74. The molecule has 136 valence electrons. The van der Waals surface area contributed by atoms with E-state index >= 15 is 0 Å². The molecule has 1 saturated heterocycles. The van der Waals surface area contributed by atoms with Crippen LogP contribution >= 0.6 is 11.6 Å². The van der Waals surface area contributed by atoms with Gasteiger partial charge >= 0.3 is 0 Å². The number of hydrogen-bond donors (Lipinski definition) is 2. The first-order valence-corrected chi connectivity index (χ1v) is 9.23. The zero-order chi connectivity index (χ0) is 18.3. The number of aliphatic hydroxyl groups excluding tert-OH is 1. The molecule has 1 aliphatic rings. The quantitative estimate of drug-likeness (QED) is 0.813.